The van der Waals surface area contributed by atoms with Gasteiger partial charge in [0.2, 0.25) is 5.91 Å². The number of aliphatic imine (C=N–C) groups is 1. The number of nitrogens with zero attached hydrogens (tertiary/aromatic N) is 5. The first kappa shape index (κ1) is 27.1. The van der Waals surface area contributed by atoms with Gasteiger partial charge >= 0.3 is 6.03 Å². The number of hydrogen-bond acceptors (Lipinski definition) is 6. The fraction of sp³-hybridized carbons (Fsp3) is 0.233. The quantitative estimate of drug-likeness (QED) is 0.314. The zero-order chi connectivity index (χ0) is 28.2. The van der Waals surface area contributed by atoms with Crippen molar-refractivity contribution in [1.82, 2.24) is 20.1 Å². The average molecular weight is 555 g/mol. The lowest BCUT2D eigenvalue weighted by Crippen LogP contribution is -2.32. The van der Waals surface area contributed by atoms with Crippen molar-refractivity contribution in [3.63, 3.8) is 0 Å². The first-order valence-corrected chi connectivity index (χ1v) is 14.0. The number of phenolic OH excluding ortho intramolecular Hbond substituents is 1. The number of carbonyl (C=O) groups excluding carboxylic acids is 2. The van der Waals surface area contributed by atoms with Crippen molar-refractivity contribution in [3.05, 3.63) is 89.7 Å². The zero-order valence-corrected chi connectivity index (χ0v) is 23.4. The highest BCUT2D eigenvalue weighted by Crippen LogP contribution is 2.34. The number of phenols is 1. The van der Waals surface area contributed by atoms with Crippen molar-refractivity contribution in [1.29, 1.82) is 0 Å². The number of urea groups is 1. The maximum Gasteiger partial charge on any atom is 0.343 e. The Balaban J connectivity index is 1.19. The molecule has 1 aliphatic heterocycles. The van der Waals surface area contributed by atoms with Crippen LogP contribution in [0.2, 0.25) is 0 Å². The number of nitrogens with one attached hydrogen (secondary N) is 1. The van der Waals surface area contributed by atoms with Gasteiger partial charge in [0.1, 0.15) is 12.1 Å². The van der Waals surface area contributed by atoms with Gasteiger partial charge in [0.05, 0.1) is 17.1 Å². The Morgan fingerprint density at radius 2 is 1.85 bits per heavy atom. The van der Waals surface area contributed by atoms with Crippen molar-refractivity contribution < 1.29 is 14.7 Å². The Hall–Kier alpha value is -4.44. The normalized spacial score (nSPS) is 14.3. The van der Waals surface area contributed by atoms with E-state index in [1.165, 1.54) is 11.8 Å². The molecule has 0 atom stereocenters. The van der Waals surface area contributed by atoms with E-state index < -0.39 is 6.03 Å². The number of thioether (sulfide) groups is 1. The highest BCUT2D eigenvalue weighted by Gasteiger charge is 2.32. The van der Waals surface area contributed by atoms with Crippen molar-refractivity contribution in [2.24, 2.45) is 4.99 Å². The lowest BCUT2D eigenvalue weighted by atomic mass is 9.99. The van der Waals surface area contributed by atoms with Crippen molar-refractivity contribution in [2.45, 2.75) is 33.1 Å². The van der Waals surface area contributed by atoms with Crippen LogP contribution in [-0.2, 0) is 11.2 Å². The average Bonchev–Trinajstić information content (AvgIpc) is 3.56. The van der Waals surface area contributed by atoms with E-state index in [4.69, 9.17) is 0 Å². The Bertz CT molecular complexity index is 1560. The molecule has 2 heterocycles. The molecule has 9 nitrogen and oxygen atoms in total. The van der Waals surface area contributed by atoms with E-state index in [2.05, 4.69) is 34.2 Å². The van der Waals surface area contributed by atoms with Gasteiger partial charge in [-0.25, -0.2) is 14.5 Å². The number of amides is 3. The van der Waals surface area contributed by atoms with Crippen LogP contribution in [0.25, 0.3) is 17.1 Å². The molecule has 1 aromatic heterocycles. The summed E-state index contributed by atoms with van der Waals surface area (Å²) in [7, 11) is 0. The molecule has 0 radical (unpaired) electrons. The van der Waals surface area contributed by atoms with Crippen LogP contribution in [0.4, 0.5) is 10.5 Å². The maximum atomic E-state index is 12.7. The van der Waals surface area contributed by atoms with E-state index in [1.807, 2.05) is 49.4 Å². The summed E-state index contributed by atoms with van der Waals surface area (Å²) in [5, 5.41) is 17.2. The van der Waals surface area contributed by atoms with Gasteiger partial charge in [-0.05, 0) is 66.3 Å². The number of rotatable bonds is 7. The molecule has 40 heavy (non-hydrogen) atoms. The molecule has 3 aromatic carbocycles. The molecule has 0 bridgehead atoms. The fourth-order valence-electron chi connectivity index (χ4n) is 4.40. The van der Waals surface area contributed by atoms with E-state index in [0.29, 0.717) is 24.0 Å². The van der Waals surface area contributed by atoms with Crippen molar-refractivity contribution in [2.75, 3.05) is 17.2 Å². The van der Waals surface area contributed by atoms with E-state index in [-0.39, 0.29) is 23.3 Å². The number of anilines is 1. The number of hydrogen-bond donors (Lipinski definition) is 2. The van der Waals surface area contributed by atoms with Gasteiger partial charge in [-0.1, -0.05) is 62.0 Å². The fourth-order valence-corrected chi connectivity index (χ4v) is 5.26. The summed E-state index contributed by atoms with van der Waals surface area (Å²) in [4.78, 5) is 35.6. The van der Waals surface area contributed by atoms with Crippen molar-refractivity contribution >= 4 is 34.6 Å². The molecule has 10 heteroatoms. The number of aryl methyl sites for hydroxylation is 1. The Morgan fingerprint density at radius 1 is 1.10 bits per heavy atom. The molecule has 1 aliphatic rings. The highest BCUT2D eigenvalue weighted by atomic mass is 32.2. The molecule has 2 N–H and O–H groups in total. The van der Waals surface area contributed by atoms with Crippen LogP contribution >= 0.6 is 11.8 Å². The second-order valence-electron chi connectivity index (χ2n) is 9.84. The Kier molecular flexibility index (Phi) is 7.97. The number of aromatic hydroxyl groups is 1. The summed E-state index contributed by atoms with van der Waals surface area (Å²) < 4.78 is 1.65. The van der Waals surface area contributed by atoms with Crippen LogP contribution in [0, 0.1) is 6.92 Å². The van der Waals surface area contributed by atoms with Crippen LogP contribution in [0.3, 0.4) is 0 Å². The van der Waals surface area contributed by atoms with Crippen LogP contribution in [0.1, 0.15) is 36.5 Å². The molecule has 3 amide bonds. The zero-order valence-electron chi connectivity index (χ0n) is 22.5. The monoisotopic (exact) mass is 554 g/mol. The lowest BCUT2D eigenvalue weighted by molar-refractivity contribution is -0.115. The van der Waals surface area contributed by atoms with Gasteiger partial charge in [0, 0.05) is 12.1 Å². The van der Waals surface area contributed by atoms with Gasteiger partial charge in [0.25, 0.3) is 0 Å². The predicted octanol–water partition coefficient (Wildman–Crippen LogP) is 5.46. The van der Waals surface area contributed by atoms with E-state index >= 15 is 0 Å². The maximum absolute atomic E-state index is 12.7. The number of carbonyl (C=O) groups is 2. The molecule has 1 saturated heterocycles. The van der Waals surface area contributed by atoms with E-state index in [0.717, 1.165) is 33.6 Å². The largest absolute Gasteiger partial charge is 0.508 e. The minimum atomic E-state index is -0.471. The summed E-state index contributed by atoms with van der Waals surface area (Å²) in [6, 6.07) is 20.2. The van der Waals surface area contributed by atoms with Crippen LogP contribution < -0.4 is 10.2 Å². The Labute approximate surface area is 237 Å². The van der Waals surface area contributed by atoms with Crippen LogP contribution in [0.5, 0.6) is 5.75 Å². The number of amidine groups is 1. The summed E-state index contributed by atoms with van der Waals surface area (Å²) in [5.41, 5.74) is 5.59. The summed E-state index contributed by atoms with van der Waals surface area (Å²) in [6.07, 6.45) is 2.25. The van der Waals surface area contributed by atoms with Gasteiger partial charge in [-0.15, -0.1) is 5.10 Å². The summed E-state index contributed by atoms with van der Waals surface area (Å²) in [5.74, 6) is 1.19. The molecule has 0 spiro atoms. The summed E-state index contributed by atoms with van der Waals surface area (Å²) >= 11 is 1.28. The van der Waals surface area contributed by atoms with E-state index in [9.17, 15) is 14.7 Å². The number of aromatic nitrogens is 3. The molecule has 204 valence electrons. The summed E-state index contributed by atoms with van der Waals surface area (Å²) in [6.45, 7) is 6.55. The second kappa shape index (κ2) is 11.7. The Morgan fingerprint density at radius 3 is 2.58 bits per heavy atom. The van der Waals surface area contributed by atoms with Crippen LogP contribution in [0.15, 0.2) is 78.0 Å². The second-order valence-corrected chi connectivity index (χ2v) is 10.8. The third-order valence-corrected chi connectivity index (χ3v) is 7.44. The molecular weight excluding hydrogens is 524 g/mol. The molecule has 0 aliphatic carbocycles. The van der Waals surface area contributed by atoms with Crippen LogP contribution in [-0.4, -0.2) is 49.3 Å². The van der Waals surface area contributed by atoms with E-state index in [1.54, 1.807) is 40.2 Å². The highest BCUT2D eigenvalue weighted by molar-refractivity contribution is 8.15. The third-order valence-electron chi connectivity index (χ3n) is 6.52. The van der Waals surface area contributed by atoms with Gasteiger partial charge in [-0.2, -0.15) is 4.99 Å². The molecule has 0 saturated carbocycles. The minimum absolute atomic E-state index is 0.0773. The van der Waals surface area contributed by atoms with Gasteiger partial charge < -0.3 is 10.4 Å². The topological polar surface area (TPSA) is 113 Å². The molecule has 5 rings (SSSR count). The smallest absolute Gasteiger partial charge is 0.343 e. The molecule has 0 unspecified atom stereocenters. The number of benzene rings is 3. The molecule has 4 aromatic rings. The molecule has 1 fully saturated rings. The van der Waals surface area contributed by atoms with Gasteiger partial charge in [-0.3, -0.25) is 9.69 Å². The minimum Gasteiger partial charge on any atom is -0.508 e. The first-order valence-electron chi connectivity index (χ1n) is 13.0. The third kappa shape index (κ3) is 6.07. The lowest BCUT2D eigenvalue weighted by Gasteiger charge is -2.22. The van der Waals surface area contributed by atoms with Gasteiger partial charge in [0.15, 0.2) is 11.0 Å². The van der Waals surface area contributed by atoms with Crippen molar-refractivity contribution in [3.8, 4) is 22.8 Å². The predicted molar refractivity (Wildman–Crippen MR) is 158 cm³/mol. The SMILES string of the molecule is Cc1ccc(C(C)C)c(N2C(=O)CSC2=NC(=O)NCCc2ccc(-c3ncn(-c4ccc(O)cc4)n3)cc2)c1. The molecular formula is C30H30N6O3S. The first-order chi connectivity index (χ1) is 19.3. The standard InChI is InChI=1S/C30H30N6O3S/c1-19(2)25-13-4-20(3)16-26(25)36-27(38)17-40-30(36)33-29(39)31-15-14-21-5-7-22(8-6-21)28-32-18-35(34-28)23-9-11-24(37)12-10-23/h4-13,16,18-19,37H,14-15,17H2,1-3H3,(H,31,39).